The van der Waals surface area contributed by atoms with Crippen LogP contribution in [0.5, 0.6) is 0 Å². The van der Waals surface area contributed by atoms with Crippen LogP contribution in [0.3, 0.4) is 0 Å². The van der Waals surface area contributed by atoms with E-state index in [2.05, 4.69) is 5.32 Å². The van der Waals surface area contributed by atoms with Crippen molar-refractivity contribution in [2.45, 2.75) is 52.0 Å². The maximum absolute atomic E-state index is 12.3. The number of nitrogens with zero attached hydrogens (tertiary/aromatic N) is 1. The summed E-state index contributed by atoms with van der Waals surface area (Å²) in [5.74, 6) is 0.418. The molecule has 1 aromatic rings. The van der Waals surface area contributed by atoms with Crippen molar-refractivity contribution in [3.05, 3.63) is 29.3 Å². The summed E-state index contributed by atoms with van der Waals surface area (Å²) < 4.78 is 26.1. The molecular formula is C18H26N2O3S. The van der Waals surface area contributed by atoms with E-state index in [1.165, 1.54) is 5.56 Å². The topological polar surface area (TPSA) is 66.5 Å². The third-order valence-corrected chi connectivity index (χ3v) is 7.06. The van der Waals surface area contributed by atoms with E-state index in [4.69, 9.17) is 0 Å². The molecule has 0 aromatic heterocycles. The Kier molecular flexibility index (Phi) is 5.25. The lowest BCUT2D eigenvalue weighted by molar-refractivity contribution is -0.119. The summed E-state index contributed by atoms with van der Waals surface area (Å²) in [7, 11) is -3.18. The highest BCUT2D eigenvalue weighted by molar-refractivity contribution is 7.89. The van der Waals surface area contributed by atoms with Crippen molar-refractivity contribution in [2.75, 3.05) is 17.6 Å². The molecule has 0 atom stereocenters. The second-order valence-electron chi connectivity index (χ2n) is 6.85. The molecule has 0 radical (unpaired) electrons. The first kappa shape index (κ1) is 17.4. The third kappa shape index (κ3) is 3.81. The summed E-state index contributed by atoms with van der Waals surface area (Å²) in [6, 6.07) is 5.89. The maximum atomic E-state index is 12.3. The van der Waals surface area contributed by atoms with Gasteiger partial charge >= 0.3 is 0 Å². The molecule has 1 saturated carbocycles. The second kappa shape index (κ2) is 7.23. The minimum Gasteiger partial charge on any atom is -0.326 e. The molecule has 1 N–H and O–H groups in total. The third-order valence-electron chi connectivity index (χ3n) is 5.03. The van der Waals surface area contributed by atoms with Gasteiger partial charge in [-0.25, -0.2) is 8.42 Å². The smallest absolute Gasteiger partial charge is 0.227 e. The van der Waals surface area contributed by atoms with Gasteiger partial charge in [0.1, 0.15) is 0 Å². The van der Waals surface area contributed by atoms with Gasteiger partial charge in [0.05, 0.1) is 5.75 Å². The summed E-state index contributed by atoms with van der Waals surface area (Å²) in [5.41, 5.74) is 2.96. The average molecular weight is 350 g/mol. The lowest BCUT2D eigenvalue weighted by atomic mass is 10.00. The van der Waals surface area contributed by atoms with E-state index in [1.807, 2.05) is 25.1 Å². The van der Waals surface area contributed by atoms with Crippen LogP contribution in [-0.2, 0) is 27.8 Å². The summed E-state index contributed by atoms with van der Waals surface area (Å²) in [6.07, 6.45) is 5.57. The zero-order valence-corrected chi connectivity index (χ0v) is 15.1. The summed E-state index contributed by atoms with van der Waals surface area (Å²) >= 11 is 0. The fraction of sp³-hybridized carbons (Fsp3) is 0.611. The van der Waals surface area contributed by atoms with Crippen molar-refractivity contribution in [2.24, 2.45) is 5.92 Å². The van der Waals surface area contributed by atoms with Crippen molar-refractivity contribution >= 4 is 21.6 Å². The van der Waals surface area contributed by atoms with Crippen molar-refractivity contribution in [1.29, 1.82) is 0 Å². The second-order valence-corrected chi connectivity index (χ2v) is 8.94. The van der Waals surface area contributed by atoms with Crippen molar-refractivity contribution < 1.29 is 13.2 Å². The fourth-order valence-electron chi connectivity index (χ4n) is 3.67. The largest absolute Gasteiger partial charge is 0.326 e. The number of benzene rings is 1. The van der Waals surface area contributed by atoms with Gasteiger partial charge in [-0.2, -0.15) is 4.31 Å². The molecule has 1 aromatic carbocycles. The zero-order chi connectivity index (χ0) is 17.2. The minimum atomic E-state index is -3.18. The molecule has 1 amide bonds. The number of sulfonamides is 1. The SMILES string of the molecule is CCCS(=O)(=O)N1CCc2ccc(NC(=O)C3CCCC3)cc2C1. The number of rotatable bonds is 5. The highest BCUT2D eigenvalue weighted by Crippen LogP contribution is 2.28. The first-order valence-electron chi connectivity index (χ1n) is 8.90. The molecule has 1 fully saturated rings. The highest BCUT2D eigenvalue weighted by Gasteiger charge is 2.27. The van der Waals surface area contributed by atoms with Gasteiger partial charge in [0.15, 0.2) is 0 Å². The van der Waals surface area contributed by atoms with Gasteiger partial charge in [0.25, 0.3) is 0 Å². The van der Waals surface area contributed by atoms with E-state index in [9.17, 15) is 13.2 Å². The lowest BCUT2D eigenvalue weighted by Crippen LogP contribution is -2.37. The van der Waals surface area contributed by atoms with Crippen molar-refractivity contribution in [1.82, 2.24) is 4.31 Å². The molecule has 3 rings (SSSR count). The highest BCUT2D eigenvalue weighted by atomic mass is 32.2. The molecule has 24 heavy (non-hydrogen) atoms. The Morgan fingerprint density at radius 3 is 2.71 bits per heavy atom. The number of nitrogens with one attached hydrogen (secondary N) is 1. The Hall–Kier alpha value is -1.40. The molecule has 1 aliphatic carbocycles. The number of amides is 1. The Bertz CT molecular complexity index is 709. The minimum absolute atomic E-state index is 0.0960. The molecule has 0 spiro atoms. The van der Waals surface area contributed by atoms with Gasteiger partial charge in [-0.3, -0.25) is 4.79 Å². The molecule has 0 saturated heterocycles. The monoisotopic (exact) mass is 350 g/mol. The number of fused-ring (bicyclic) bond motifs is 1. The number of carbonyl (C=O) groups is 1. The van der Waals surface area contributed by atoms with E-state index in [-0.39, 0.29) is 17.6 Å². The van der Waals surface area contributed by atoms with Crippen molar-refractivity contribution in [3.8, 4) is 0 Å². The normalized spacial score (nSPS) is 19.2. The van der Waals surface area contributed by atoms with Gasteiger partial charge in [0.2, 0.25) is 15.9 Å². The van der Waals surface area contributed by atoms with Crippen LogP contribution in [0.2, 0.25) is 0 Å². The number of carbonyl (C=O) groups excluding carboxylic acids is 1. The van der Waals surface area contributed by atoms with Crippen LogP contribution in [0, 0.1) is 5.92 Å². The Morgan fingerprint density at radius 2 is 2.00 bits per heavy atom. The van der Waals surface area contributed by atoms with Crippen LogP contribution in [0.1, 0.15) is 50.2 Å². The molecule has 132 valence electrons. The van der Waals surface area contributed by atoms with Crippen LogP contribution in [-0.4, -0.2) is 30.9 Å². The Labute approximate surface area is 144 Å². The summed E-state index contributed by atoms with van der Waals surface area (Å²) in [6.45, 7) is 2.83. The zero-order valence-electron chi connectivity index (χ0n) is 14.3. The quantitative estimate of drug-likeness (QED) is 0.888. The van der Waals surface area contributed by atoms with Gasteiger partial charge in [-0.05, 0) is 48.9 Å². The van der Waals surface area contributed by atoms with E-state index in [0.717, 1.165) is 43.4 Å². The van der Waals surface area contributed by atoms with Crippen molar-refractivity contribution in [3.63, 3.8) is 0 Å². The van der Waals surface area contributed by atoms with E-state index < -0.39 is 10.0 Å². The molecule has 2 aliphatic rings. The Balaban J connectivity index is 1.72. The fourth-order valence-corrected chi connectivity index (χ4v) is 5.15. The van der Waals surface area contributed by atoms with Gasteiger partial charge in [0, 0.05) is 24.7 Å². The lowest BCUT2D eigenvalue weighted by Gasteiger charge is -2.28. The van der Waals surface area contributed by atoms with Crippen LogP contribution in [0.4, 0.5) is 5.69 Å². The molecule has 0 bridgehead atoms. The average Bonchev–Trinajstić information content (AvgIpc) is 3.08. The molecule has 5 nitrogen and oxygen atoms in total. The molecular weight excluding hydrogens is 324 g/mol. The number of hydrogen-bond acceptors (Lipinski definition) is 3. The summed E-state index contributed by atoms with van der Waals surface area (Å²) in [5, 5.41) is 3.01. The molecule has 6 heteroatoms. The van der Waals surface area contributed by atoms with Crippen LogP contribution >= 0.6 is 0 Å². The number of anilines is 1. The van der Waals surface area contributed by atoms with E-state index in [1.54, 1.807) is 4.31 Å². The van der Waals surface area contributed by atoms with Crippen LogP contribution in [0.25, 0.3) is 0 Å². The van der Waals surface area contributed by atoms with Crippen LogP contribution in [0.15, 0.2) is 18.2 Å². The van der Waals surface area contributed by atoms with Gasteiger partial charge in [-0.15, -0.1) is 0 Å². The molecule has 1 aliphatic heterocycles. The van der Waals surface area contributed by atoms with Gasteiger partial charge in [-0.1, -0.05) is 25.8 Å². The molecule has 1 heterocycles. The van der Waals surface area contributed by atoms with Crippen LogP contribution < -0.4 is 5.32 Å². The van der Waals surface area contributed by atoms with E-state index >= 15 is 0 Å². The predicted molar refractivity (Wildman–Crippen MR) is 95.2 cm³/mol. The maximum Gasteiger partial charge on any atom is 0.227 e. The Morgan fingerprint density at radius 1 is 1.25 bits per heavy atom. The standard InChI is InChI=1S/C18H26N2O3S/c1-2-11-24(22,23)20-10-9-14-7-8-17(12-16(14)13-20)19-18(21)15-5-3-4-6-15/h7-8,12,15H,2-6,9-11,13H2,1H3,(H,19,21). The first-order chi connectivity index (χ1) is 11.5. The van der Waals surface area contributed by atoms with E-state index in [0.29, 0.717) is 19.5 Å². The summed E-state index contributed by atoms with van der Waals surface area (Å²) in [4.78, 5) is 12.3. The molecule has 0 unspecified atom stereocenters. The van der Waals surface area contributed by atoms with Gasteiger partial charge < -0.3 is 5.32 Å². The predicted octanol–water partition coefficient (Wildman–Crippen LogP) is 2.91. The number of hydrogen-bond donors (Lipinski definition) is 1. The first-order valence-corrected chi connectivity index (χ1v) is 10.5.